The quantitative estimate of drug-likeness (QED) is 0.0493. The van der Waals surface area contributed by atoms with Gasteiger partial charge in [0.1, 0.15) is 5.69 Å². The smallest absolute Gasteiger partial charge is 0.867 e. The number of nitrogens with two attached hydrogens (primary N) is 1. The molecule has 4 saturated carbocycles. The van der Waals surface area contributed by atoms with Crippen LogP contribution in [-0.4, -0.2) is 110 Å². The Morgan fingerprint density at radius 1 is 0.662 bits per heavy atom. The number of benzene rings is 2. The summed E-state index contributed by atoms with van der Waals surface area (Å²) >= 11 is 0. The summed E-state index contributed by atoms with van der Waals surface area (Å²) in [7, 11) is 0. The molecule has 77 heavy (non-hydrogen) atoms. The number of carboxylic acid groups (broad SMARTS) is 1. The monoisotopic (exact) mass is 1070 g/mol. The SMILES string of the molecule is CC(=O)O.CCOC(=O)/C=C(\[O-])C(=O)OCC.CCOC(=O)Cc1nc2ccccc2n(C2C[C@H]3CC[C@@H](C2)N3C2CC3CCCC(C3)C2)c1=O.Nc1ccccc1NC1C[C@H]2CC[C@@H](C1)N2C1CC2CCCC(C2)C1.[Na+]. The molecule has 416 valence electrons. The Kier molecular flexibility index (Phi) is 22.3. The Morgan fingerprint density at radius 3 is 1.65 bits per heavy atom. The van der Waals surface area contributed by atoms with Crippen LogP contribution in [0.3, 0.4) is 0 Å². The third-order valence-corrected chi connectivity index (χ3v) is 17.8. The third-order valence-electron chi connectivity index (χ3n) is 17.8. The molecule has 2 aromatic carbocycles. The van der Waals surface area contributed by atoms with Gasteiger partial charge in [0, 0.05) is 61.3 Å². The van der Waals surface area contributed by atoms with E-state index in [1.54, 1.807) is 20.8 Å². The van der Waals surface area contributed by atoms with Crippen molar-refractivity contribution in [2.24, 2.45) is 23.7 Å². The van der Waals surface area contributed by atoms with Gasteiger partial charge in [0.25, 0.3) is 11.5 Å². The van der Waals surface area contributed by atoms with Crippen LogP contribution in [0.5, 0.6) is 0 Å². The molecule has 4 aliphatic carbocycles. The van der Waals surface area contributed by atoms with Crippen LogP contribution in [0, 0.1) is 23.7 Å². The Balaban J connectivity index is 0.000000176. The summed E-state index contributed by atoms with van der Waals surface area (Å²) in [4.78, 5) is 66.6. The molecule has 10 atom stereocenters. The molecule has 0 amide bonds. The van der Waals surface area contributed by atoms with Crippen molar-refractivity contribution in [3.05, 3.63) is 76.4 Å². The van der Waals surface area contributed by atoms with Crippen molar-refractivity contribution in [3.8, 4) is 0 Å². The Hall–Kier alpha value is -4.48. The summed E-state index contributed by atoms with van der Waals surface area (Å²) < 4.78 is 15.9. The number of carboxylic acids is 1. The minimum Gasteiger partial charge on any atom is -0.867 e. The van der Waals surface area contributed by atoms with E-state index >= 15 is 0 Å². The molecule has 0 spiro atoms. The molecule has 3 aromatic rings. The van der Waals surface area contributed by atoms with Crippen LogP contribution < -0.4 is 51.3 Å². The summed E-state index contributed by atoms with van der Waals surface area (Å²) in [5, 5.41) is 22.0. The minimum atomic E-state index is -1.05. The van der Waals surface area contributed by atoms with Crippen molar-refractivity contribution in [2.75, 3.05) is 30.9 Å². The number of hydrogen-bond acceptors (Lipinski definition) is 14. The van der Waals surface area contributed by atoms with Crippen LogP contribution in [0.4, 0.5) is 11.4 Å². The topological polar surface area (TPSA) is 219 Å². The first-order valence-corrected chi connectivity index (χ1v) is 28.9. The second-order valence-corrected chi connectivity index (χ2v) is 22.9. The summed E-state index contributed by atoms with van der Waals surface area (Å²) in [6.45, 7) is 6.60. The summed E-state index contributed by atoms with van der Waals surface area (Å²) in [6.07, 6.45) is 28.1. The number of anilines is 2. The van der Waals surface area contributed by atoms with Crippen LogP contribution in [-0.2, 0) is 39.8 Å². The number of rotatable bonds is 12. The number of aliphatic carboxylic acids is 1. The first kappa shape index (κ1) is 60.2. The van der Waals surface area contributed by atoms with Gasteiger partial charge >= 0.3 is 47.5 Å². The summed E-state index contributed by atoms with van der Waals surface area (Å²) in [5.74, 6) is -0.143. The van der Waals surface area contributed by atoms with Crippen molar-refractivity contribution in [1.29, 1.82) is 0 Å². The fraction of sp³-hybridized carbons (Fsp3) is 0.667. The van der Waals surface area contributed by atoms with Crippen LogP contribution in [0.1, 0.15) is 168 Å². The number of carbonyl (C=O) groups is 4. The van der Waals surface area contributed by atoms with Gasteiger partial charge in [-0.15, -0.1) is 0 Å². The maximum Gasteiger partial charge on any atom is 1.00 e. The van der Waals surface area contributed by atoms with Gasteiger partial charge in [0.2, 0.25) is 0 Å². The van der Waals surface area contributed by atoms with Gasteiger partial charge in [-0.05, 0) is 164 Å². The zero-order valence-electron chi connectivity index (χ0n) is 46.6. The van der Waals surface area contributed by atoms with E-state index in [4.69, 9.17) is 20.4 Å². The predicted octanol–water partition coefficient (Wildman–Crippen LogP) is 5.74. The molecule has 8 bridgehead atoms. The normalized spacial score (nSPS) is 30.1. The number of nitrogens with zero attached hydrogens (tertiary/aromatic N) is 4. The van der Waals surface area contributed by atoms with Gasteiger partial charge in [-0.3, -0.25) is 24.2 Å². The molecule has 1 aromatic heterocycles. The first-order chi connectivity index (χ1) is 36.7. The van der Waals surface area contributed by atoms with E-state index in [0.29, 0.717) is 36.5 Å². The molecule has 4 N–H and O–H groups in total. The zero-order chi connectivity index (χ0) is 53.9. The van der Waals surface area contributed by atoms with Crippen LogP contribution in [0.25, 0.3) is 11.0 Å². The molecule has 8 aliphatic rings. The predicted molar refractivity (Wildman–Crippen MR) is 291 cm³/mol. The number of esters is 3. The number of aromatic nitrogens is 2. The molecule has 17 heteroatoms. The number of ether oxygens (including phenoxy) is 3. The second kappa shape index (κ2) is 28.6. The average Bonchev–Trinajstić information content (AvgIpc) is 3.84. The number of fused-ring (bicyclic) bond motifs is 9. The van der Waals surface area contributed by atoms with E-state index in [1.165, 1.54) is 116 Å². The molecular weight excluding hydrogens is 988 g/mol. The van der Waals surface area contributed by atoms with Crippen molar-refractivity contribution >= 4 is 46.3 Å². The van der Waals surface area contributed by atoms with Crippen molar-refractivity contribution < 1.29 is 73.2 Å². The minimum absolute atomic E-state index is 0. The zero-order valence-corrected chi connectivity index (χ0v) is 48.6. The molecule has 11 rings (SSSR count). The number of nitrogen functional groups attached to an aromatic ring is 1. The van der Waals surface area contributed by atoms with Gasteiger partial charge in [0.15, 0.2) is 0 Å². The van der Waals surface area contributed by atoms with Gasteiger partial charge in [-0.1, -0.05) is 62.8 Å². The second-order valence-electron chi connectivity index (χ2n) is 22.9. The molecule has 5 heterocycles. The number of nitrogens with one attached hydrogen (secondary N) is 1. The van der Waals surface area contributed by atoms with Crippen molar-refractivity contribution in [1.82, 2.24) is 19.4 Å². The maximum atomic E-state index is 13.7. The number of hydrogen-bond donors (Lipinski definition) is 3. The average molecular weight is 1070 g/mol. The Labute approximate surface area is 477 Å². The first-order valence-electron chi connectivity index (χ1n) is 28.9. The van der Waals surface area contributed by atoms with E-state index in [0.717, 1.165) is 90.0 Å². The maximum absolute atomic E-state index is 13.7. The summed E-state index contributed by atoms with van der Waals surface area (Å²) in [6, 6.07) is 21.3. The molecule has 4 aliphatic heterocycles. The van der Waals surface area contributed by atoms with E-state index in [2.05, 4.69) is 41.7 Å². The van der Waals surface area contributed by atoms with E-state index in [-0.39, 0.29) is 66.8 Å². The van der Waals surface area contributed by atoms with E-state index < -0.39 is 23.7 Å². The van der Waals surface area contributed by atoms with Crippen molar-refractivity contribution in [2.45, 2.75) is 211 Å². The van der Waals surface area contributed by atoms with Crippen LogP contribution in [0.15, 0.2) is 65.2 Å². The number of carbonyl (C=O) groups excluding carboxylic acids is 3. The molecule has 4 saturated heterocycles. The summed E-state index contributed by atoms with van der Waals surface area (Å²) in [5.41, 5.74) is 10.0. The third kappa shape index (κ3) is 15.7. The Bertz CT molecular complexity index is 2500. The number of piperidine rings is 2. The Morgan fingerprint density at radius 2 is 1.14 bits per heavy atom. The fourth-order valence-electron chi connectivity index (χ4n) is 15.2. The molecule has 8 fully saturated rings. The largest absolute Gasteiger partial charge is 1.00 e. The molecule has 6 unspecified atom stereocenters. The van der Waals surface area contributed by atoms with Gasteiger partial charge < -0.3 is 40.0 Å². The molecular formula is C60H85N6NaO10. The van der Waals surface area contributed by atoms with E-state index in [1.807, 2.05) is 41.0 Å². The van der Waals surface area contributed by atoms with Gasteiger partial charge in [0.05, 0.1) is 48.6 Å². The van der Waals surface area contributed by atoms with Crippen LogP contribution in [0.2, 0.25) is 0 Å². The van der Waals surface area contributed by atoms with Gasteiger partial charge in [-0.25, -0.2) is 14.6 Å². The standard InChI is InChI=1S/C28H37N3O3.C22H33N3.C8H12O5.C2H4O2.Na/c1-2-34-27(32)17-25-28(33)31(26-9-4-3-8-24(26)29-25)23-15-20-10-11-21(16-23)30(20)22-13-18-6-5-7-19(12-18)14-22;23-21-6-1-2-7-22(21)24-17-13-18-8-9-19(14-17)25(18)20-11-15-4-3-5-16(10-15)12-20;1-3-12-7(10)5-6(9)8(11)13-4-2;1-2(3)4;/h3-4,8-9,18-23H,2,5-7,10-17H2,1H3;1-2,6-7,15-20,24H,3-5,8-14,23H2;5,9H,3-4H2,1-2H3;1H3,(H,3,4);/q;;;;+1/p-1/b;;6-5-;;/t18?,19?,20-,21+,22?,23?;15?,16?,17?,18-,19+,20?;;;. The molecule has 0 radical (unpaired) electrons. The van der Waals surface area contributed by atoms with Gasteiger partial charge in [-0.2, -0.15) is 0 Å². The fourth-order valence-corrected chi connectivity index (χ4v) is 15.2. The van der Waals surface area contributed by atoms with E-state index in [9.17, 15) is 24.3 Å². The molecule has 16 nitrogen and oxygen atoms in total. The van der Waals surface area contributed by atoms with Crippen LogP contribution >= 0.6 is 0 Å². The number of para-hydroxylation sites is 4. The van der Waals surface area contributed by atoms with Crippen molar-refractivity contribution in [3.63, 3.8) is 0 Å².